The van der Waals surface area contributed by atoms with Crippen LogP contribution in [0.15, 0.2) is 47.4 Å². The van der Waals surface area contributed by atoms with Crippen LogP contribution in [0.5, 0.6) is 0 Å². The first-order valence-corrected chi connectivity index (χ1v) is 12.3. The number of benzene rings is 2. The molecular formula is C21H23ClN4O3S2. The lowest BCUT2D eigenvalue weighted by Crippen LogP contribution is -2.37. The van der Waals surface area contributed by atoms with Crippen LogP contribution in [0.4, 0.5) is 11.4 Å². The van der Waals surface area contributed by atoms with E-state index in [4.69, 9.17) is 17.3 Å². The molecule has 2 heterocycles. The number of sulfonamides is 1. The number of halogens is 1. The van der Waals surface area contributed by atoms with Crippen molar-refractivity contribution in [2.45, 2.75) is 24.2 Å². The van der Waals surface area contributed by atoms with E-state index in [0.29, 0.717) is 18.8 Å². The van der Waals surface area contributed by atoms with Gasteiger partial charge in [-0.1, -0.05) is 11.6 Å². The first-order chi connectivity index (χ1) is 14.7. The highest BCUT2D eigenvalue weighted by atomic mass is 35.5. The summed E-state index contributed by atoms with van der Waals surface area (Å²) in [5, 5.41) is 0.417. The number of aryl methyl sites for hydroxylation is 1. The van der Waals surface area contributed by atoms with Crippen molar-refractivity contribution in [3.05, 3.63) is 53.1 Å². The van der Waals surface area contributed by atoms with E-state index in [1.165, 1.54) is 17.7 Å². The number of nitrogens with one attached hydrogen (secondary N) is 1. The molecule has 0 spiro atoms. The third kappa shape index (κ3) is 4.63. The second-order valence-corrected chi connectivity index (χ2v) is 10.3. The van der Waals surface area contributed by atoms with Gasteiger partial charge in [-0.15, -0.1) is 0 Å². The van der Waals surface area contributed by atoms with E-state index in [2.05, 4.69) is 21.8 Å². The van der Waals surface area contributed by atoms with Crippen LogP contribution in [0.25, 0.3) is 0 Å². The summed E-state index contributed by atoms with van der Waals surface area (Å²) in [5.41, 5.74) is 8.32. The summed E-state index contributed by atoms with van der Waals surface area (Å²) in [6, 6.07) is 12.1. The lowest BCUT2D eigenvalue weighted by Gasteiger charge is -2.33. The number of hydrogen-bond acceptors (Lipinski definition) is 5. The van der Waals surface area contributed by atoms with Crippen molar-refractivity contribution in [3.63, 3.8) is 0 Å². The van der Waals surface area contributed by atoms with Crippen LogP contribution in [0, 0.1) is 5.92 Å². The first-order valence-electron chi connectivity index (χ1n) is 10.0. The fraction of sp³-hybridized carbons (Fsp3) is 0.333. The number of fused-ring (bicyclic) bond motifs is 1. The zero-order valence-electron chi connectivity index (χ0n) is 16.8. The topological polar surface area (TPSA) is 95.7 Å². The summed E-state index contributed by atoms with van der Waals surface area (Å²) in [5.74, 6) is -0.0562. The van der Waals surface area contributed by atoms with Crippen molar-refractivity contribution in [2.24, 2.45) is 11.7 Å². The van der Waals surface area contributed by atoms with E-state index >= 15 is 0 Å². The molecule has 0 bridgehead atoms. The predicted molar refractivity (Wildman–Crippen MR) is 126 cm³/mol. The van der Waals surface area contributed by atoms with Gasteiger partial charge in [-0.25, -0.2) is 8.42 Å². The van der Waals surface area contributed by atoms with Crippen molar-refractivity contribution in [2.75, 3.05) is 29.4 Å². The lowest BCUT2D eigenvalue weighted by atomic mass is 9.99. The quantitative estimate of drug-likeness (QED) is 0.641. The van der Waals surface area contributed by atoms with Crippen LogP contribution < -0.4 is 20.3 Å². The fourth-order valence-corrected chi connectivity index (χ4v) is 5.66. The highest BCUT2D eigenvalue weighted by Crippen LogP contribution is 2.33. The number of rotatable bonds is 5. The minimum Gasteiger partial charge on any atom is -0.376 e. The molecule has 2 aromatic carbocycles. The van der Waals surface area contributed by atoms with Gasteiger partial charge in [0.25, 0.3) is 10.0 Å². The molecule has 10 heteroatoms. The Morgan fingerprint density at radius 1 is 1.19 bits per heavy atom. The molecule has 7 nitrogen and oxygen atoms in total. The second-order valence-electron chi connectivity index (χ2n) is 7.76. The maximum absolute atomic E-state index is 13.1. The fourth-order valence-electron chi connectivity index (χ4n) is 4.26. The van der Waals surface area contributed by atoms with Gasteiger partial charge in [-0.05, 0) is 79.5 Å². The average Bonchev–Trinajstić information content (AvgIpc) is 3.07. The first kappa shape index (κ1) is 21.9. The number of nitrogens with two attached hydrogens (primary N) is 1. The minimum absolute atomic E-state index is 0.0378. The molecule has 1 atom stereocenters. The maximum atomic E-state index is 13.1. The summed E-state index contributed by atoms with van der Waals surface area (Å²) in [7, 11) is -3.81. The zero-order valence-corrected chi connectivity index (χ0v) is 19.1. The Balaban J connectivity index is 1.46. The van der Waals surface area contributed by atoms with E-state index < -0.39 is 10.0 Å². The molecule has 164 valence electrons. The summed E-state index contributed by atoms with van der Waals surface area (Å²) >= 11 is 10.7. The van der Waals surface area contributed by atoms with Crippen molar-refractivity contribution in [1.29, 1.82) is 0 Å². The third-order valence-corrected chi connectivity index (χ3v) is 7.56. The van der Waals surface area contributed by atoms with Gasteiger partial charge in [0.05, 0.1) is 10.8 Å². The molecule has 1 amide bonds. The van der Waals surface area contributed by atoms with Gasteiger partial charge < -0.3 is 15.5 Å². The molecule has 1 unspecified atom stereocenters. The van der Waals surface area contributed by atoms with Gasteiger partial charge in [0.15, 0.2) is 5.11 Å². The lowest BCUT2D eigenvalue weighted by molar-refractivity contribution is -0.120. The Labute approximate surface area is 192 Å². The number of amides is 1. The SMILES string of the molecule is NC(=S)NS(=O)(=O)c1ccc(N2CCC(CN3CCCc4cc(Cl)ccc43)C2=O)cc1. The molecule has 2 aliphatic rings. The second kappa shape index (κ2) is 8.64. The number of carbonyl (C=O) groups is 1. The van der Waals surface area contributed by atoms with Gasteiger partial charge in [-0.3, -0.25) is 9.52 Å². The Hall–Kier alpha value is -2.36. The molecular weight excluding hydrogens is 456 g/mol. The summed E-state index contributed by atoms with van der Waals surface area (Å²) in [6.07, 6.45) is 2.78. The normalized spacial score (nSPS) is 18.7. The number of nitrogens with zero attached hydrogens (tertiary/aromatic N) is 2. The number of anilines is 2. The standard InChI is InChI=1S/C21H23ClN4O3S2/c22-16-3-8-19-14(12-16)2-1-10-25(19)13-15-9-11-26(20(15)27)17-4-6-18(7-5-17)31(28,29)24-21(23)30/h3-8,12,15H,1-2,9-11,13H2,(H3,23,24,30). The monoisotopic (exact) mass is 478 g/mol. The number of carbonyl (C=O) groups excluding carboxylic acids is 1. The Morgan fingerprint density at radius 3 is 2.65 bits per heavy atom. The molecule has 0 radical (unpaired) electrons. The van der Waals surface area contributed by atoms with E-state index in [1.54, 1.807) is 17.0 Å². The van der Waals surface area contributed by atoms with E-state index in [9.17, 15) is 13.2 Å². The molecule has 2 aromatic rings. The van der Waals surface area contributed by atoms with Crippen LogP contribution in [0.1, 0.15) is 18.4 Å². The van der Waals surface area contributed by atoms with Crippen LogP contribution in [-0.4, -0.2) is 39.1 Å². The molecule has 1 saturated heterocycles. The predicted octanol–water partition coefficient (Wildman–Crippen LogP) is 2.67. The summed E-state index contributed by atoms with van der Waals surface area (Å²) in [4.78, 5) is 17.1. The molecule has 3 N–H and O–H groups in total. The van der Waals surface area contributed by atoms with Crippen molar-refractivity contribution in [1.82, 2.24) is 4.72 Å². The molecule has 0 saturated carbocycles. The smallest absolute Gasteiger partial charge is 0.263 e. The number of hydrogen-bond donors (Lipinski definition) is 2. The largest absolute Gasteiger partial charge is 0.376 e. The molecule has 31 heavy (non-hydrogen) atoms. The Kier molecular flexibility index (Phi) is 6.09. The molecule has 2 aliphatic heterocycles. The van der Waals surface area contributed by atoms with Crippen molar-refractivity contribution in [3.8, 4) is 0 Å². The summed E-state index contributed by atoms with van der Waals surface area (Å²) < 4.78 is 26.4. The van der Waals surface area contributed by atoms with Crippen LogP contribution in [0.2, 0.25) is 5.02 Å². The highest BCUT2D eigenvalue weighted by molar-refractivity contribution is 7.91. The molecule has 0 aromatic heterocycles. The van der Waals surface area contributed by atoms with Crippen LogP contribution in [-0.2, 0) is 21.2 Å². The van der Waals surface area contributed by atoms with Crippen molar-refractivity contribution < 1.29 is 13.2 Å². The van der Waals surface area contributed by atoms with Crippen LogP contribution in [0.3, 0.4) is 0 Å². The molecule has 0 aliphatic carbocycles. The van der Waals surface area contributed by atoms with Crippen LogP contribution >= 0.6 is 23.8 Å². The average molecular weight is 479 g/mol. The van der Waals surface area contributed by atoms with E-state index in [0.717, 1.165) is 36.5 Å². The van der Waals surface area contributed by atoms with Gasteiger partial charge in [0, 0.05) is 36.0 Å². The van der Waals surface area contributed by atoms with Gasteiger partial charge in [0.1, 0.15) is 0 Å². The summed E-state index contributed by atoms with van der Waals surface area (Å²) in [6.45, 7) is 2.18. The third-order valence-electron chi connectivity index (χ3n) is 5.71. The van der Waals surface area contributed by atoms with E-state index in [1.807, 2.05) is 18.2 Å². The zero-order chi connectivity index (χ0) is 22.2. The molecule has 1 fully saturated rings. The van der Waals surface area contributed by atoms with Crippen molar-refractivity contribution >= 4 is 56.2 Å². The van der Waals surface area contributed by atoms with Gasteiger partial charge in [0.2, 0.25) is 5.91 Å². The highest BCUT2D eigenvalue weighted by Gasteiger charge is 2.34. The maximum Gasteiger partial charge on any atom is 0.263 e. The Morgan fingerprint density at radius 2 is 1.94 bits per heavy atom. The van der Waals surface area contributed by atoms with Gasteiger partial charge >= 0.3 is 0 Å². The van der Waals surface area contributed by atoms with E-state index in [-0.39, 0.29) is 21.8 Å². The number of thiocarbonyl (C=S) groups is 1. The minimum atomic E-state index is -3.81. The van der Waals surface area contributed by atoms with Gasteiger partial charge in [-0.2, -0.15) is 0 Å². The molecule has 4 rings (SSSR count). The Bertz CT molecular complexity index is 1120.